The third kappa shape index (κ3) is 3.53. The van der Waals surface area contributed by atoms with E-state index in [1.54, 1.807) is 18.2 Å². The minimum Gasteiger partial charge on any atom is -0.317 e. The number of nitrogens with zero attached hydrogens (tertiary/aromatic N) is 2. The van der Waals surface area contributed by atoms with E-state index in [0.717, 1.165) is 16.5 Å². The first-order chi connectivity index (χ1) is 11.8. The Morgan fingerprint density at radius 2 is 1.96 bits per heavy atom. The lowest BCUT2D eigenvalue weighted by Crippen LogP contribution is -2.17. The first kappa shape index (κ1) is 17.8. The Labute approximate surface area is 154 Å². The van der Waals surface area contributed by atoms with Gasteiger partial charge in [0.1, 0.15) is 0 Å². The Morgan fingerprint density at radius 3 is 2.64 bits per heavy atom. The molecule has 0 saturated carbocycles. The van der Waals surface area contributed by atoms with E-state index < -0.39 is 15.7 Å². The van der Waals surface area contributed by atoms with E-state index in [0.29, 0.717) is 16.4 Å². The molecule has 0 atom stereocenters. The van der Waals surface area contributed by atoms with Gasteiger partial charge in [-0.05, 0) is 37.3 Å². The fraction of sp³-hybridized carbons (Fsp3) is 0.176. The van der Waals surface area contributed by atoms with Gasteiger partial charge in [0.2, 0.25) is 0 Å². The van der Waals surface area contributed by atoms with Gasteiger partial charge in [-0.3, -0.25) is 4.79 Å². The molecule has 0 bridgehead atoms. The molecule has 5 nitrogen and oxygen atoms in total. The number of hydrogen-bond acceptors (Lipinski definition) is 4. The van der Waals surface area contributed by atoms with Crippen molar-refractivity contribution in [3.8, 4) is 0 Å². The van der Waals surface area contributed by atoms with Crippen LogP contribution < -0.4 is 4.80 Å². The third-order valence-corrected chi connectivity index (χ3v) is 6.11. The van der Waals surface area contributed by atoms with Crippen LogP contribution in [-0.2, 0) is 16.4 Å². The molecule has 0 aliphatic carbocycles. The number of sulfone groups is 1. The normalized spacial score (nSPS) is 12.7. The van der Waals surface area contributed by atoms with E-state index in [1.807, 2.05) is 23.6 Å². The SMILES string of the molecule is CCn1c(=NC(=O)c2ccccc2S(C)(=O)=O)sc2cc(Cl)ccc21. The maximum atomic E-state index is 12.6. The fourth-order valence-corrected chi connectivity index (χ4v) is 4.80. The molecule has 0 spiro atoms. The van der Waals surface area contributed by atoms with Crippen LogP contribution in [0, 0.1) is 0 Å². The van der Waals surface area contributed by atoms with Gasteiger partial charge in [-0.15, -0.1) is 0 Å². The second-order valence-electron chi connectivity index (χ2n) is 5.43. The zero-order chi connectivity index (χ0) is 18.2. The van der Waals surface area contributed by atoms with Gasteiger partial charge in [0.15, 0.2) is 14.6 Å². The number of aryl methyl sites for hydroxylation is 1. The van der Waals surface area contributed by atoms with Crippen LogP contribution >= 0.6 is 22.9 Å². The smallest absolute Gasteiger partial charge is 0.280 e. The molecular formula is C17H15ClN2O3S2. The molecule has 2 aromatic carbocycles. The fourth-order valence-electron chi connectivity index (χ4n) is 2.55. The maximum absolute atomic E-state index is 12.6. The van der Waals surface area contributed by atoms with Crippen LogP contribution in [0.15, 0.2) is 52.4 Å². The van der Waals surface area contributed by atoms with Crippen LogP contribution in [0.25, 0.3) is 10.2 Å². The highest BCUT2D eigenvalue weighted by Gasteiger charge is 2.18. The Bertz CT molecular complexity index is 1140. The number of benzene rings is 2. The molecule has 0 unspecified atom stereocenters. The highest BCUT2D eigenvalue weighted by molar-refractivity contribution is 7.90. The molecular weight excluding hydrogens is 380 g/mol. The first-order valence-electron chi connectivity index (χ1n) is 7.48. The van der Waals surface area contributed by atoms with Crippen LogP contribution in [0.2, 0.25) is 5.02 Å². The molecule has 3 rings (SSSR count). The summed E-state index contributed by atoms with van der Waals surface area (Å²) in [6.45, 7) is 2.58. The number of rotatable bonds is 3. The van der Waals surface area contributed by atoms with Crippen molar-refractivity contribution in [3.63, 3.8) is 0 Å². The molecule has 0 fully saturated rings. The molecule has 0 saturated heterocycles. The van der Waals surface area contributed by atoms with Crippen LogP contribution in [0.5, 0.6) is 0 Å². The lowest BCUT2D eigenvalue weighted by Gasteiger charge is -2.04. The van der Waals surface area contributed by atoms with E-state index in [-0.39, 0.29) is 10.5 Å². The van der Waals surface area contributed by atoms with Crippen molar-refractivity contribution in [2.24, 2.45) is 4.99 Å². The summed E-state index contributed by atoms with van der Waals surface area (Å²) in [4.78, 5) is 17.3. The predicted octanol–water partition coefficient (Wildman–Crippen LogP) is 3.52. The number of hydrogen-bond donors (Lipinski definition) is 0. The van der Waals surface area contributed by atoms with Crippen molar-refractivity contribution in [2.45, 2.75) is 18.4 Å². The lowest BCUT2D eigenvalue weighted by molar-refractivity contribution is 0.0994. The molecule has 8 heteroatoms. The average molecular weight is 395 g/mol. The quantitative estimate of drug-likeness (QED) is 0.682. The molecule has 1 amide bonds. The molecule has 130 valence electrons. The van der Waals surface area contributed by atoms with Gasteiger partial charge in [-0.25, -0.2) is 8.42 Å². The minimum atomic E-state index is -3.52. The standard InChI is InChI=1S/C17H15ClN2O3S2/c1-3-20-13-9-8-11(18)10-14(13)24-17(20)19-16(21)12-6-4-5-7-15(12)25(2,22)23/h4-10H,3H2,1-2H3. The number of carbonyl (C=O) groups excluding carboxylic acids is 1. The average Bonchev–Trinajstić information content (AvgIpc) is 2.89. The topological polar surface area (TPSA) is 68.5 Å². The van der Waals surface area contributed by atoms with Crippen molar-refractivity contribution in [2.75, 3.05) is 6.26 Å². The predicted molar refractivity (Wildman–Crippen MR) is 99.9 cm³/mol. The Kier molecular flexibility index (Phi) is 4.81. The van der Waals surface area contributed by atoms with Crippen molar-refractivity contribution in [1.29, 1.82) is 0 Å². The highest BCUT2D eigenvalue weighted by Crippen LogP contribution is 2.22. The van der Waals surface area contributed by atoms with Gasteiger partial charge in [0, 0.05) is 17.8 Å². The number of halogens is 1. The summed E-state index contributed by atoms with van der Waals surface area (Å²) in [6.07, 6.45) is 1.08. The number of fused-ring (bicyclic) bond motifs is 1. The summed E-state index contributed by atoms with van der Waals surface area (Å²) in [5, 5.41) is 0.609. The van der Waals surface area contributed by atoms with E-state index in [4.69, 9.17) is 11.6 Å². The molecule has 0 aliphatic heterocycles. The number of thiazole rings is 1. The van der Waals surface area contributed by atoms with Gasteiger partial charge >= 0.3 is 0 Å². The van der Waals surface area contributed by atoms with Crippen molar-refractivity contribution >= 4 is 48.9 Å². The molecule has 1 aromatic heterocycles. The zero-order valence-corrected chi connectivity index (χ0v) is 16.0. The van der Waals surface area contributed by atoms with Crippen LogP contribution in [0.1, 0.15) is 17.3 Å². The summed E-state index contributed by atoms with van der Waals surface area (Å²) in [6, 6.07) is 11.6. The molecule has 25 heavy (non-hydrogen) atoms. The first-order valence-corrected chi connectivity index (χ1v) is 10.6. The molecule has 1 heterocycles. The second-order valence-corrected chi connectivity index (χ2v) is 8.86. The largest absolute Gasteiger partial charge is 0.317 e. The van der Waals surface area contributed by atoms with E-state index >= 15 is 0 Å². The minimum absolute atomic E-state index is 0.0176. The van der Waals surface area contributed by atoms with Crippen LogP contribution in [0.4, 0.5) is 0 Å². The summed E-state index contributed by atoms with van der Waals surface area (Å²) in [7, 11) is -3.52. The van der Waals surface area contributed by atoms with Crippen LogP contribution in [0.3, 0.4) is 0 Å². The van der Waals surface area contributed by atoms with Crippen molar-refractivity contribution < 1.29 is 13.2 Å². The highest BCUT2D eigenvalue weighted by atomic mass is 35.5. The monoisotopic (exact) mass is 394 g/mol. The second kappa shape index (κ2) is 6.74. The van der Waals surface area contributed by atoms with Gasteiger partial charge in [0.25, 0.3) is 5.91 Å². The molecule has 0 aliphatic rings. The van der Waals surface area contributed by atoms with Gasteiger partial charge in [0.05, 0.1) is 20.7 Å². The lowest BCUT2D eigenvalue weighted by atomic mass is 10.2. The summed E-state index contributed by atoms with van der Waals surface area (Å²) in [5.41, 5.74) is 1.00. The zero-order valence-electron chi connectivity index (χ0n) is 13.6. The van der Waals surface area contributed by atoms with Crippen molar-refractivity contribution in [1.82, 2.24) is 4.57 Å². The Balaban J connectivity index is 2.20. The van der Waals surface area contributed by atoms with Gasteiger partial charge in [-0.2, -0.15) is 4.99 Å². The molecule has 3 aromatic rings. The summed E-state index contributed by atoms with van der Waals surface area (Å²) >= 11 is 7.37. The van der Waals surface area contributed by atoms with Gasteiger partial charge < -0.3 is 4.57 Å². The Morgan fingerprint density at radius 1 is 1.24 bits per heavy atom. The summed E-state index contributed by atoms with van der Waals surface area (Å²) in [5.74, 6) is -0.583. The maximum Gasteiger partial charge on any atom is 0.280 e. The Hall–Kier alpha value is -1.96. The van der Waals surface area contributed by atoms with E-state index in [1.165, 1.54) is 23.5 Å². The van der Waals surface area contributed by atoms with E-state index in [9.17, 15) is 13.2 Å². The number of amides is 1. The van der Waals surface area contributed by atoms with Gasteiger partial charge in [-0.1, -0.05) is 35.1 Å². The molecule has 0 radical (unpaired) electrons. The molecule has 0 N–H and O–H groups in total. The number of aromatic nitrogens is 1. The van der Waals surface area contributed by atoms with Crippen molar-refractivity contribution in [3.05, 3.63) is 57.9 Å². The van der Waals surface area contributed by atoms with E-state index in [2.05, 4.69) is 4.99 Å². The number of carbonyl (C=O) groups is 1. The summed E-state index contributed by atoms with van der Waals surface area (Å²) < 4.78 is 26.6. The van der Waals surface area contributed by atoms with Crippen LogP contribution in [-0.4, -0.2) is 25.1 Å². The third-order valence-electron chi connectivity index (χ3n) is 3.68.